The van der Waals surface area contributed by atoms with Crippen LogP contribution in [-0.2, 0) is 17.9 Å². The zero-order valence-electron chi connectivity index (χ0n) is 18.3. The number of fused-ring (bicyclic) bond motifs is 1. The van der Waals surface area contributed by atoms with E-state index in [9.17, 15) is 9.18 Å². The predicted molar refractivity (Wildman–Crippen MR) is 125 cm³/mol. The zero-order chi connectivity index (χ0) is 22.5. The maximum Gasteiger partial charge on any atom is 0.240 e. The molecule has 164 valence electrons. The molecule has 2 aromatic heterocycles. The molecule has 7 heteroatoms. The molecule has 2 heterocycles. The Kier molecular flexibility index (Phi) is 6.44. The SMILES string of the molecule is CCN(CC)c1ncnc2c(-c3ccccc3)cn(CC(=O)NCc3ccc(F)cc3)c12. The van der Waals surface area contributed by atoms with Crippen molar-refractivity contribution in [3.63, 3.8) is 0 Å². The Morgan fingerprint density at radius 1 is 1.03 bits per heavy atom. The highest BCUT2D eigenvalue weighted by Gasteiger charge is 2.20. The molecule has 0 aliphatic heterocycles. The minimum atomic E-state index is -0.295. The van der Waals surface area contributed by atoms with Gasteiger partial charge in [0.2, 0.25) is 5.91 Å². The molecule has 0 radical (unpaired) electrons. The number of halogens is 1. The fourth-order valence-electron chi connectivity index (χ4n) is 3.83. The first-order valence-corrected chi connectivity index (χ1v) is 10.8. The number of amides is 1. The van der Waals surface area contributed by atoms with Crippen LogP contribution < -0.4 is 10.2 Å². The largest absolute Gasteiger partial charge is 0.355 e. The van der Waals surface area contributed by atoms with E-state index >= 15 is 0 Å². The van der Waals surface area contributed by atoms with E-state index in [0.29, 0.717) is 6.54 Å². The Morgan fingerprint density at radius 3 is 2.44 bits per heavy atom. The number of nitrogens with zero attached hydrogens (tertiary/aromatic N) is 4. The van der Waals surface area contributed by atoms with E-state index in [1.165, 1.54) is 12.1 Å². The molecular weight excluding hydrogens is 405 g/mol. The second-order valence-electron chi connectivity index (χ2n) is 7.51. The summed E-state index contributed by atoms with van der Waals surface area (Å²) in [4.78, 5) is 24.1. The van der Waals surface area contributed by atoms with E-state index in [0.717, 1.165) is 46.6 Å². The molecule has 0 bridgehead atoms. The van der Waals surface area contributed by atoms with E-state index < -0.39 is 0 Å². The maximum atomic E-state index is 13.1. The fourth-order valence-corrected chi connectivity index (χ4v) is 3.83. The van der Waals surface area contributed by atoms with Crippen molar-refractivity contribution in [1.82, 2.24) is 19.9 Å². The summed E-state index contributed by atoms with van der Waals surface area (Å²) in [5.41, 5.74) is 4.50. The molecule has 2 aromatic carbocycles. The molecule has 1 N–H and O–H groups in total. The zero-order valence-corrected chi connectivity index (χ0v) is 18.3. The van der Waals surface area contributed by atoms with E-state index in [1.54, 1.807) is 18.5 Å². The van der Waals surface area contributed by atoms with Crippen molar-refractivity contribution < 1.29 is 9.18 Å². The van der Waals surface area contributed by atoms with Gasteiger partial charge in [0.1, 0.15) is 29.7 Å². The summed E-state index contributed by atoms with van der Waals surface area (Å²) in [6, 6.07) is 16.1. The molecule has 0 spiro atoms. The average Bonchev–Trinajstić information content (AvgIpc) is 3.19. The molecule has 0 atom stereocenters. The lowest BCUT2D eigenvalue weighted by atomic mass is 10.1. The predicted octanol–water partition coefficient (Wildman–Crippen LogP) is 4.40. The van der Waals surface area contributed by atoms with Crippen molar-refractivity contribution in [2.24, 2.45) is 0 Å². The highest BCUT2D eigenvalue weighted by atomic mass is 19.1. The Bertz CT molecular complexity index is 1200. The molecule has 4 aromatic rings. The standard InChI is InChI=1S/C25H26FN5O/c1-3-30(4-2)25-24-23(28-17-29-25)21(19-8-6-5-7-9-19)15-31(24)16-22(32)27-14-18-10-12-20(26)13-11-18/h5-13,15,17H,3-4,14,16H2,1-2H3,(H,27,32). The van der Waals surface area contributed by atoms with Gasteiger partial charge < -0.3 is 14.8 Å². The molecule has 0 saturated carbocycles. The summed E-state index contributed by atoms with van der Waals surface area (Å²) in [6.07, 6.45) is 3.56. The summed E-state index contributed by atoms with van der Waals surface area (Å²) < 4.78 is 15.0. The number of hydrogen-bond donors (Lipinski definition) is 1. The van der Waals surface area contributed by atoms with Gasteiger partial charge >= 0.3 is 0 Å². The van der Waals surface area contributed by atoms with Crippen molar-refractivity contribution in [3.8, 4) is 11.1 Å². The molecule has 1 amide bonds. The number of benzene rings is 2. The van der Waals surface area contributed by atoms with Crippen molar-refractivity contribution in [2.75, 3.05) is 18.0 Å². The molecule has 0 aliphatic carbocycles. The third-order valence-electron chi connectivity index (χ3n) is 5.49. The minimum Gasteiger partial charge on any atom is -0.355 e. The summed E-state index contributed by atoms with van der Waals surface area (Å²) in [5.74, 6) is 0.380. The second-order valence-corrected chi connectivity index (χ2v) is 7.51. The van der Waals surface area contributed by atoms with Crippen LogP contribution in [-0.4, -0.2) is 33.5 Å². The van der Waals surface area contributed by atoms with Crippen LogP contribution in [0.5, 0.6) is 0 Å². The Hall–Kier alpha value is -3.74. The third kappa shape index (κ3) is 4.46. The summed E-state index contributed by atoms with van der Waals surface area (Å²) >= 11 is 0. The van der Waals surface area contributed by atoms with E-state index in [-0.39, 0.29) is 18.3 Å². The van der Waals surface area contributed by atoms with Gasteiger partial charge in [-0.2, -0.15) is 0 Å². The number of aromatic nitrogens is 3. The van der Waals surface area contributed by atoms with Crippen molar-refractivity contribution in [3.05, 3.63) is 78.5 Å². The molecule has 0 fully saturated rings. The average molecular weight is 432 g/mol. The van der Waals surface area contributed by atoms with Gasteiger partial charge in [-0.15, -0.1) is 0 Å². The first-order valence-electron chi connectivity index (χ1n) is 10.8. The van der Waals surface area contributed by atoms with Crippen LogP contribution in [0.4, 0.5) is 10.2 Å². The topological polar surface area (TPSA) is 63.1 Å². The number of hydrogen-bond acceptors (Lipinski definition) is 4. The van der Waals surface area contributed by atoms with Crippen molar-refractivity contribution in [2.45, 2.75) is 26.9 Å². The van der Waals surface area contributed by atoms with Gasteiger partial charge in [-0.25, -0.2) is 14.4 Å². The molecule has 4 rings (SSSR count). The quantitative estimate of drug-likeness (QED) is 0.449. The van der Waals surface area contributed by atoms with Gasteiger partial charge in [-0.05, 0) is 37.1 Å². The number of rotatable bonds is 8. The van der Waals surface area contributed by atoms with Gasteiger partial charge in [-0.1, -0.05) is 42.5 Å². The van der Waals surface area contributed by atoms with Crippen molar-refractivity contribution in [1.29, 1.82) is 0 Å². The van der Waals surface area contributed by atoms with Gasteiger partial charge in [0.25, 0.3) is 0 Å². The van der Waals surface area contributed by atoms with E-state index in [1.807, 2.05) is 41.1 Å². The van der Waals surface area contributed by atoms with Crippen LogP contribution in [0, 0.1) is 5.82 Å². The van der Waals surface area contributed by atoms with Gasteiger partial charge in [-0.3, -0.25) is 4.79 Å². The van der Waals surface area contributed by atoms with Crippen molar-refractivity contribution >= 4 is 22.8 Å². The number of nitrogens with one attached hydrogen (secondary N) is 1. The van der Waals surface area contributed by atoms with Gasteiger partial charge in [0.05, 0.1) is 0 Å². The second kappa shape index (κ2) is 9.60. The molecule has 0 aliphatic rings. The molecule has 32 heavy (non-hydrogen) atoms. The molecule has 0 unspecified atom stereocenters. The molecule has 0 saturated heterocycles. The summed E-state index contributed by atoms with van der Waals surface area (Å²) in [5, 5.41) is 2.92. The summed E-state index contributed by atoms with van der Waals surface area (Å²) in [7, 11) is 0. The van der Waals surface area contributed by atoms with Gasteiger partial charge in [0.15, 0.2) is 5.82 Å². The number of carbonyl (C=O) groups is 1. The first-order chi connectivity index (χ1) is 15.6. The smallest absolute Gasteiger partial charge is 0.240 e. The monoisotopic (exact) mass is 431 g/mol. The Morgan fingerprint density at radius 2 is 1.75 bits per heavy atom. The molecular formula is C25H26FN5O. The maximum absolute atomic E-state index is 13.1. The lowest BCUT2D eigenvalue weighted by Gasteiger charge is -2.21. The van der Waals surface area contributed by atoms with Gasteiger partial charge in [0, 0.05) is 31.4 Å². The Balaban J connectivity index is 1.69. The van der Waals surface area contributed by atoms with Crippen LogP contribution >= 0.6 is 0 Å². The Labute approximate surface area is 186 Å². The summed E-state index contributed by atoms with van der Waals surface area (Å²) in [6.45, 7) is 6.22. The van der Waals surface area contributed by atoms with Crippen LogP contribution in [0.3, 0.4) is 0 Å². The third-order valence-corrected chi connectivity index (χ3v) is 5.49. The first kappa shape index (κ1) is 21.5. The number of carbonyl (C=O) groups excluding carboxylic acids is 1. The van der Waals surface area contributed by atoms with Crippen LogP contribution in [0.25, 0.3) is 22.2 Å². The minimum absolute atomic E-state index is 0.131. The van der Waals surface area contributed by atoms with Crippen LogP contribution in [0.15, 0.2) is 67.1 Å². The highest BCUT2D eigenvalue weighted by molar-refractivity contribution is 5.99. The fraction of sp³-hybridized carbons (Fsp3) is 0.240. The molecule has 6 nitrogen and oxygen atoms in total. The highest BCUT2D eigenvalue weighted by Crippen LogP contribution is 2.33. The van der Waals surface area contributed by atoms with E-state index in [2.05, 4.69) is 34.0 Å². The number of anilines is 1. The van der Waals surface area contributed by atoms with E-state index in [4.69, 9.17) is 0 Å². The van der Waals surface area contributed by atoms with Crippen LogP contribution in [0.1, 0.15) is 19.4 Å². The lowest BCUT2D eigenvalue weighted by Crippen LogP contribution is -2.28. The van der Waals surface area contributed by atoms with Crippen LogP contribution in [0.2, 0.25) is 0 Å². The lowest BCUT2D eigenvalue weighted by molar-refractivity contribution is -0.121. The normalized spacial score (nSPS) is 11.0.